The molecule has 66 valence electrons. The Morgan fingerprint density at radius 3 is 2.67 bits per heavy atom. The maximum Gasteiger partial charge on any atom is 0.238 e. The van der Waals surface area contributed by atoms with Crippen molar-refractivity contribution in [2.45, 2.75) is 38.1 Å². The normalized spacial score (nSPS) is 41.3. The number of carbonyl (C=O) groups excluding carboxylic acids is 1. The minimum absolute atomic E-state index is 0.493. The molecule has 0 aromatic heterocycles. The topological polar surface area (TPSA) is 70.3 Å². The molecule has 1 heterocycles. The van der Waals surface area contributed by atoms with Crippen LogP contribution in [0.15, 0.2) is 0 Å². The van der Waals surface area contributed by atoms with Crippen molar-refractivity contribution in [1.29, 1.82) is 5.26 Å². The first kappa shape index (κ1) is 9.17. The zero-order valence-electron chi connectivity index (χ0n) is 7.07. The number of hydrogen-bond donors (Lipinski definition) is 1. The fourth-order valence-corrected chi connectivity index (χ4v) is 1.28. The summed E-state index contributed by atoms with van der Waals surface area (Å²) in [5.74, 6) is -0.514. The number of carbonyl (C=O) groups is 1. The summed E-state index contributed by atoms with van der Waals surface area (Å²) in [7, 11) is 0. The number of nitrogens with zero attached hydrogens (tertiary/aromatic N) is 1. The molecular weight excluding hydrogens is 158 g/mol. The summed E-state index contributed by atoms with van der Waals surface area (Å²) in [6.07, 6.45) is -0.850. The summed E-state index contributed by atoms with van der Waals surface area (Å²) >= 11 is 0. The molecule has 1 rings (SSSR count). The van der Waals surface area contributed by atoms with E-state index in [2.05, 4.69) is 0 Å². The van der Waals surface area contributed by atoms with E-state index in [0.29, 0.717) is 6.42 Å². The van der Waals surface area contributed by atoms with Crippen LogP contribution in [0.5, 0.6) is 0 Å². The van der Waals surface area contributed by atoms with Crippen LogP contribution in [0.2, 0.25) is 0 Å². The average molecular weight is 169 g/mol. The van der Waals surface area contributed by atoms with E-state index in [4.69, 9.17) is 10.00 Å². The number of ether oxygens (including phenoxy) is 1. The summed E-state index contributed by atoms with van der Waals surface area (Å²) in [6, 6.07) is 1.59. The highest BCUT2D eigenvalue weighted by Gasteiger charge is 2.53. The SMILES string of the molecule is CCC1OC(C)C(O)(C#N)C1=O. The smallest absolute Gasteiger partial charge is 0.238 e. The second kappa shape index (κ2) is 2.85. The third kappa shape index (κ3) is 1.02. The van der Waals surface area contributed by atoms with E-state index in [9.17, 15) is 9.90 Å². The quantitative estimate of drug-likeness (QED) is 0.561. The van der Waals surface area contributed by atoms with Crippen LogP contribution in [0.1, 0.15) is 20.3 Å². The van der Waals surface area contributed by atoms with Gasteiger partial charge >= 0.3 is 0 Å². The van der Waals surface area contributed by atoms with Crippen molar-refractivity contribution in [2.75, 3.05) is 0 Å². The standard InChI is InChI=1S/C8H11NO3/c1-3-6-7(10)8(11,4-9)5(2)12-6/h5-6,11H,3H2,1-2H3. The zero-order chi connectivity index (χ0) is 9.35. The second-order valence-electron chi connectivity index (χ2n) is 2.92. The van der Waals surface area contributed by atoms with Gasteiger partial charge < -0.3 is 9.84 Å². The van der Waals surface area contributed by atoms with Gasteiger partial charge in [0.2, 0.25) is 11.4 Å². The summed E-state index contributed by atoms with van der Waals surface area (Å²) in [5, 5.41) is 18.1. The summed E-state index contributed by atoms with van der Waals surface area (Å²) in [6.45, 7) is 3.30. The zero-order valence-corrected chi connectivity index (χ0v) is 7.07. The summed E-state index contributed by atoms with van der Waals surface area (Å²) in [4.78, 5) is 11.3. The highest BCUT2D eigenvalue weighted by molar-refractivity contribution is 5.96. The van der Waals surface area contributed by atoms with Gasteiger partial charge in [0.1, 0.15) is 18.3 Å². The van der Waals surface area contributed by atoms with Crippen LogP contribution in [-0.2, 0) is 9.53 Å². The monoisotopic (exact) mass is 169 g/mol. The molecule has 0 aromatic rings. The molecule has 1 aliphatic rings. The number of ketones is 1. The third-order valence-corrected chi connectivity index (χ3v) is 2.17. The minimum Gasteiger partial charge on any atom is -0.367 e. The van der Waals surface area contributed by atoms with E-state index >= 15 is 0 Å². The van der Waals surface area contributed by atoms with Crippen molar-refractivity contribution in [1.82, 2.24) is 0 Å². The Morgan fingerprint density at radius 2 is 2.42 bits per heavy atom. The van der Waals surface area contributed by atoms with Gasteiger partial charge in [0.15, 0.2) is 0 Å². The van der Waals surface area contributed by atoms with Crippen molar-refractivity contribution in [2.24, 2.45) is 0 Å². The maximum atomic E-state index is 11.3. The number of rotatable bonds is 1. The predicted molar refractivity (Wildman–Crippen MR) is 40.2 cm³/mol. The lowest BCUT2D eigenvalue weighted by Gasteiger charge is -2.13. The van der Waals surface area contributed by atoms with Crippen LogP contribution in [0.4, 0.5) is 0 Å². The Bertz CT molecular complexity index is 245. The van der Waals surface area contributed by atoms with Crippen LogP contribution in [0.25, 0.3) is 0 Å². The van der Waals surface area contributed by atoms with Crippen molar-refractivity contribution in [3.63, 3.8) is 0 Å². The van der Waals surface area contributed by atoms with Gasteiger partial charge in [-0.3, -0.25) is 4.79 Å². The molecule has 0 saturated carbocycles. The van der Waals surface area contributed by atoms with Gasteiger partial charge in [-0.25, -0.2) is 0 Å². The van der Waals surface area contributed by atoms with Crippen LogP contribution >= 0.6 is 0 Å². The van der Waals surface area contributed by atoms with Crippen LogP contribution < -0.4 is 0 Å². The molecule has 1 fully saturated rings. The Labute approximate surface area is 70.7 Å². The molecule has 0 aromatic carbocycles. The van der Waals surface area contributed by atoms with E-state index in [-0.39, 0.29) is 0 Å². The maximum absolute atomic E-state index is 11.3. The minimum atomic E-state index is -1.93. The average Bonchev–Trinajstić information content (AvgIpc) is 2.30. The molecule has 0 radical (unpaired) electrons. The number of Topliss-reactive ketones (excluding diaryl/α,β-unsaturated/α-hetero) is 1. The molecule has 0 spiro atoms. The summed E-state index contributed by atoms with van der Waals surface area (Å²) in [5.41, 5.74) is -1.93. The number of hydrogen-bond acceptors (Lipinski definition) is 4. The van der Waals surface area contributed by atoms with E-state index in [1.54, 1.807) is 13.0 Å². The first-order valence-corrected chi connectivity index (χ1v) is 3.89. The van der Waals surface area contributed by atoms with Crippen molar-refractivity contribution in [3.05, 3.63) is 0 Å². The molecule has 1 saturated heterocycles. The molecule has 1 aliphatic heterocycles. The Balaban J connectivity index is 2.93. The van der Waals surface area contributed by atoms with Crippen LogP contribution in [0.3, 0.4) is 0 Å². The van der Waals surface area contributed by atoms with Gasteiger partial charge in [-0.2, -0.15) is 5.26 Å². The molecular formula is C8H11NO3. The molecule has 3 atom stereocenters. The molecule has 1 N–H and O–H groups in total. The lowest BCUT2D eigenvalue weighted by molar-refractivity contribution is -0.130. The molecule has 12 heavy (non-hydrogen) atoms. The fourth-order valence-electron chi connectivity index (χ4n) is 1.28. The highest BCUT2D eigenvalue weighted by atomic mass is 16.5. The molecule has 3 unspecified atom stereocenters. The molecule has 4 nitrogen and oxygen atoms in total. The first-order valence-electron chi connectivity index (χ1n) is 3.89. The first-order chi connectivity index (χ1) is 5.56. The molecule has 4 heteroatoms. The van der Waals surface area contributed by atoms with Crippen LogP contribution in [-0.4, -0.2) is 28.7 Å². The van der Waals surface area contributed by atoms with Gasteiger partial charge in [-0.05, 0) is 13.3 Å². The van der Waals surface area contributed by atoms with Gasteiger partial charge in [0, 0.05) is 0 Å². The largest absolute Gasteiger partial charge is 0.367 e. The molecule has 0 aliphatic carbocycles. The van der Waals surface area contributed by atoms with Gasteiger partial charge in [-0.15, -0.1) is 0 Å². The van der Waals surface area contributed by atoms with Crippen molar-refractivity contribution >= 4 is 5.78 Å². The van der Waals surface area contributed by atoms with E-state index < -0.39 is 23.6 Å². The predicted octanol–water partition coefficient (Wildman–Crippen LogP) is 0.00748. The van der Waals surface area contributed by atoms with Gasteiger partial charge in [-0.1, -0.05) is 6.92 Å². The van der Waals surface area contributed by atoms with Gasteiger partial charge in [0.25, 0.3) is 0 Å². The lowest BCUT2D eigenvalue weighted by Crippen LogP contribution is -2.42. The Morgan fingerprint density at radius 1 is 1.83 bits per heavy atom. The second-order valence-corrected chi connectivity index (χ2v) is 2.92. The summed E-state index contributed by atoms with van der Waals surface area (Å²) < 4.78 is 5.11. The molecule has 0 bridgehead atoms. The van der Waals surface area contributed by atoms with Crippen molar-refractivity contribution < 1.29 is 14.6 Å². The number of aliphatic hydroxyl groups is 1. The molecule has 0 amide bonds. The highest BCUT2D eigenvalue weighted by Crippen LogP contribution is 2.27. The Kier molecular flexibility index (Phi) is 2.18. The lowest BCUT2D eigenvalue weighted by atomic mass is 9.94. The van der Waals surface area contributed by atoms with E-state index in [1.165, 1.54) is 6.92 Å². The number of nitriles is 1. The fraction of sp³-hybridized carbons (Fsp3) is 0.750. The Hall–Kier alpha value is -0.920. The van der Waals surface area contributed by atoms with Crippen LogP contribution in [0, 0.1) is 11.3 Å². The van der Waals surface area contributed by atoms with Crippen molar-refractivity contribution in [3.8, 4) is 6.07 Å². The third-order valence-electron chi connectivity index (χ3n) is 2.17. The van der Waals surface area contributed by atoms with E-state index in [1.807, 2.05) is 0 Å². The van der Waals surface area contributed by atoms with Gasteiger partial charge in [0.05, 0.1) is 0 Å². The van der Waals surface area contributed by atoms with E-state index in [0.717, 1.165) is 0 Å².